The van der Waals surface area contributed by atoms with Crippen molar-refractivity contribution in [3.8, 4) is 0 Å². The summed E-state index contributed by atoms with van der Waals surface area (Å²) in [5.74, 6) is 0.520. The molecule has 0 aliphatic heterocycles. The summed E-state index contributed by atoms with van der Waals surface area (Å²) in [6, 6.07) is 1.99. The smallest absolute Gasteiger partial charge is 0.253 e. The summed E-state index contributed by atoms with van der Waals surface area (Å²) in [4.78, 5) is 15.8. The number of rotatable bonds is 4. The van der Waals surface area contributed by atoms with E-state index in [2.05, 4.69) is 15.6 Å². The number of nitrogens with zero attached hydrogens (tertiary/aromatic N) is 1. The topological polar surface area (TPSA) is 54.0 Å². The summed E-state index contributed by atoms with van der Waals surface area (Å²) < 4.78 is 0. The lowest BCUT2D eigenvalue weighted by Gasteiger charge is -2.07. The molecule has 1 fully saturated rings. The molecule has 1 heterocycles. The molecule has 0 saturated heterocycles. The normalized spacial score (nSPS) is 14.6. The maximum atomic E-state index is 11.7. The van der Waals surface area contributed by atoms with Gasteiger partial charge in [-0.25, -0.2) is 4.98 Å². The summed E-state index contributed by atoms with van der Waals surface area (Å²) in [6.45, 7) is 2.71. The summed E-state index contributed by atoms with van der Waals surface area (Å²) in [5, 5.41) is 6.39. The lowest BCUT2D eigenvalue weighted by atomic mass is 10.2. The molecule has 1 aliphatic rings. The van der Waals surface area contributed by atoms with Crippen LogP contribution < -0.4 is 10.6 Å². The largest absolute Gasteiger partial charge is 0.369 e. The van der Waals surface area contributed by atoms with Crippen LogP contribution in [0.1, 0.15) is 30.1 Å². The summed E-state index contributed by atoms with van der Waals surface area (Å²) >= 11 is 6.00. The fourth-order valence-corrected chi connectivity index (χ4v) is 1.59. The van der Waals surface area contributed by atoms with Gasteiger partial charge in [0.15, 0.2) is 0 Å². The van der Waals surface area contributed by atoms with Gasteiger partial charge in [-0.05, 0) is 25.8 Å². The highest BCUT2D eigenvalue weighted by Gasteiger charge is 2.24. The minimum atomic E-state index is -0.0973. The highest BCUT2D eigenvalue weighted by Crippen LogP contribution is 2.22. The number of halogens is 1. The van der Waals surface area contributed by atoms with Crippen LogP contribution in [0.3, 0.4) is 0 Å². The Hall–Kier alpha value is -1.29. The first kappa shape index (κ1) is 11.2. The van der Waals surface area contributed by atoms with Crippen molar-refractivity contribution in [1.82, 2.24) is 10.3 Å². The van der Waals surface area contributed by atoms with Gasteiger partial charge in [-0.3, -0.25) is 4.79 Å². The first-order chi connectivity index (χ1) is 7.70. The molecule has 0 unspecified atom stereocenters. The molecule has 1 aromatic heterocycles. The molecule has 16 heavy (non-hydrogen) atoms. The van der Waals surface area contributed by atoms with Gasteiger partial charge >= 0.3 is 0 Å². The van der Waals surface area contributed by atoms with Crippen molar-refractivity contribution in [2.75, 3.05) is 11.9 Å². The molecule has 86 valence electrons. The van der Waals surface area contributed by atoms with Crippen LogP contribution in [-0.4, -0.2) is 23.5 Å². The van der Waals surface area contributed by atoms with Crippen molar-refractivity contribution in [1.29, 1.82) is 0 Å². The number of carbonyl (C=O) groups excluding carboxylic acids is 1. The van der Waals surface area contributed by atoms with Gasteiger partial charge in [0, 0.05) is 18.8 Å². The van der Waals surface area contributed by atoms with E-state index in [0.29, 0.717) is 22.4 Å². The van der Waals surface area contributed by atoms with E-state index < -0.39 is 0 Å². The van der Waals surface area contributed by atoms with E-state index in [-0.39, 0.29) is 5.91 Å². The molecular weight excluding hydrogens is 226 g/mol. The average Bonchev–Trinajstić information content (AvgIpc) is 3.05. The SMILES string of the molecule is CCNc1ncc(C(=O)NC2CC2)cc1Cl. The molecule has 4 nitrogen and oxygen atoms in total. The van der Waals surface area contributed by atoms with Crippen molar-refractivity contribution in [3.05, 3.63) is 22.8 Å². The maximum Gasteiger partial charge on any atom is 0.253 e. The Kier molecular flexibility index (Phi) is 3.29. The van der Waals surface area contributed by atoms with Gasteiger partial charge < -0.3 is 10.6 Å². The summed E-state index contributed by atoms with van der Waals surface area (Å²) in [5.41, 5.74) is 0.513. The Bertz CT molecular complexity index is 404. The third-order valence-corrected chi connectivity index (χ3v) is 2.65. The van der Waals surface area contributed by atoms with E-state index in [1.54, 1.807) is 12.3 Å². The highest BCUT2D eigenvalue weighted by molar-refractivity contribution is 6.33. The fraction of sp³-hybridized carbons (Fsp3) is 0.455. The predicted molar refractivity (Wildman–Crippen MR) is 63.9 cm³/mol. The zero-order valence-corrected chi connectivity index (χ0v) is 9.84. The summed E-state index contributed by atoms with van der Waals surface area (Å²) in [6.07, 6.45) is 3.69. The van der Waals surface area contributed by atoms with Crippen molar-refractivity contribution < 1.29 is 4.79 Å². The van der Waals surface area contributed by atoms with Crippen LogP contribution in [0.4, 0.5) is 5.82 Å². The van der Waals surface area contributed by atoms with Gasteiger partial charge in [0.25, 0.3) is 5.91 Å². The molecule has 0 spiro atoms. The van der Waals surface area contributed by atoms with Crippen molar-refractivity contribution >= 4 is 23.3 Å². The third-order valence-electron chi connectivity index (χ3n) is 2.36. The van der Waals surface area contributed by atoms with Crippen molar-refractivity contribution in [2.45, 2.75) is 25.8 Å². The van der Waals surface area contributed by atoms with Crippen LogP contribution in [0.15, 0.2) is 12.3 Å². The maximum absolute atomic E-state index is 11.7. The van der Waals surface area contributed by atoms with Gasteiger partial charge in [0.2, 0.25) is 0 Å². The number of hydrogen-bond donors (Lipinski definition) is 2. The average molecular weight is 240 g/mol. The van der Waals surface area contributed by atoms with E-state index in [1.165, 1.54) is 0 Å². The number of amides is 1. The number of pyridine rings is 1. The van der Waals surface area contributed by atoms with Gasteiger partial charge in [-0.2, -0.15) is 0 Å². The molecule has 0 atom stereocenters. The molecule has 2 rings (SSSR count). The molecule has 0 radical (unpaired) electrons. The molecule has 1 aliphatic carbocycles. The number of nitrogens with one attached hydrogen (secondary N) is 2. The van der Waals surface area contributed by atoms with E-state index in [1.807, 2.05) is 6.92 Å². The van der Waals surface area contributed by atoms with Crippen LogP contribution in [0, 0.1) is 0 Å². The van der Waals surface area contributed by atoms with E-state index in [9.17, 15) is 4.79 Å². The minimum Gasteiger partial charge on any atom is -0.369 e. The van der Waals surface area contributed by atoms with Gasteiger partial charge in [0.05, 0.1) is 10.6 Å². The Labute approximate surface area is 99.4 Å². The van der Waals surface area contributed by atoms with Crippen molar-refractivity contribution in [3.63, 3.8) is 0 Å². The molecule has 0 aromatic carbocycles. The molecule has 5 heteroatoms. The first-order valence-electron chi connectivity index (χ1n) is 5.41. The number of carbonyl (C=O) groups is 1. The molecule has 1 amide bonds. The second kappa shape index (κ2) is 4.70. The number of anilines is 1. The molecule has 1 saturated carbocycles. The molecule has 0 bridgehead atoms. The van der Waals surface area contributed by atoms with Gasteiger partial charge in [-0.15, -0.1) is 0 Å². The molecule has 2 N–H and O–H groups in total. The lowest BCUT2D eigenvalue weighted by Crippen LogP contribution is -2.25. The predicted octanol–water partition coefficient (Wildman–Crippen LogP) is 2.06. The lowest BCUT2D eigenvalue weighted by molar-refractivity contribution is 0.0951. The van der Waals surface area contributed by atoms with E-state index >= 15 is 0 Å². The number of hydrogen-bond acceptors (Lipinski definition) is 3. The van der Waals surface area contributed by atoms with Crippen LogP contribution in [0.5, 0.6) is 0 Å². The zero-order valence-electron chi connectivity index (χ0n) is 9.09. The first-order valence-corrected chi connectivity index (χ1v) is 5.78. The van der Waals surface area contributed by atoms with E-state index in [0.717, 1.165) is 19.4 Å². The van der Waals surface area contributed by atoms with Crippen LogP contribution in [0.25, 0.3) is 0 Å². The third kappa shape index (κ3) is 2.64. The Balaban J connectivity index is 2.09. The zero-order chi connectivity index (χ0) is 11.5. The summed E-state index contributed by atoms with van der Waals surface area (Å²) in [7, 11) is 0. The van der Waals surface area contributed by atoms with Crippen LogP contribution >= 0.6 is 11.6 Å². The molecular formula is C11H14ClN3O. The van der Waals surface area contributed by atoms with Gasteiger partial charge in [-0.1, -0.05) is 11.6 Å². The second-order valence-electron chi connectivity index (χ2n) is 3.83. The monoisotopic (exact) mass is 239 g/mol. The molecule has 1 aromatic rings. The highest BCUT2D eigenvalue weighted by atomic mass is 35.5. The Morgan fingerprint density at radius 3 is 2.94 bits per heavy atom. The van der Waals surface area contributed by atoms with Crippen LogP contribution in [0.2, 0.25) is 5.02 Å². The van der Waals surface area contributed by atoms with Crippen LogP contribution in [-0.2, 0) is 0 Å². The number of aromatic nitrogens is 1. The van der Waals surface area contributed by atoms with Crippen molar-refractivity contribution in [2.24, 2.45) is 0 Å². The fourth-order valence-electron chi connectivity index (χ4n) is 1.36. The van der Waals surface area contributed by atoms with E-state index in [4.69, 9.17) is 11.6 Å². The Morgan fingerprint density at radius 2 is 2.38 bits per heavy atom. The minimum absolute atomic E-state index is 0.0973. The second-order valence-corrected chi connectivity index (χ2v) is 4.24. The quantitative estimate of drug-likeness (QED) is 0.846. The van der Waals surface area contributed by atoms with Gasteiger partial charge in [0.1, 0.15) is 5.82 Å². The standard InChI is InChI=1S/C11H14ClN3O/c1-2-13-10-9(12)5-7(6-14-10)11(16)15-8-3-4-8/h5-6,8H,2-4H2,1H3,(H,13,14)(H,15,16). The Morgan fingerprint density at radius 1 is 1.62 bits per heavy atom.